The molecule has 1 aliphatic carbocycles. The zero-order valence-corrected chi connectivity index (χ0v) is 9.86. The van der Waals surface area contributed by atoms with Gasteiger partial charge in [-0.15, -0.1) is 12.4 Å². The highest BCUT2D eigenvalue weighted by Crippen LogP contribution is 2.41. The van der Waals surface area contributed by atoms with Gasteiger partial charge < -0.3 is 5.32 Å². The van der Waals surface area contributed by atoms with Gasteiger partial charge in [0.25, 0.3) is 0 Å². The Bertz CT molecular complexity index is 233. The molecule has 0 aromatic heterocycles. The molecular weight excluding hydrogens is 215 g/mol. The third kappa shape index (κ3) is 2.45. The van der Waals surface area contributed by atoms with Crippen LogP contribution in [0.25, 0.3) is 0 Å². The van der Waals surface area contributed by atoms with Crippen molar-refractivity contribution in [1.29, 1.82) is 0 Å². The van der Waals surface area contributed by atoms with Crippen LogP contribution in [0, 0.1) is 5.92 Å². The largest absolute Gasteiger partial charge is 0.314 e. The molecule has 0 radical (unpaired) electrons. The molecule has 0 amide bonds. The van der Waals surface area contributed by atoms with E-state index in [1.165, 1.54) is 19.4 Å². The summed E-state index contributed by atoms with van der Waals surface area (Å²) in [5.41, 5.74) is -0.793. The quantitative estimate of drug-likeness (QED) is 0.781. The molecule has 3 rings (SSSR count). The van der Waals surface area contributed by atoms with Crippen LogP contribution < -0.4 is 5.32 Å². The summed E-state index contributed by atoms with van der Waals surface area (Å²) in [6.45, 7) is 4.10. The summed E-state index contributed by atoms with van der Waals surface area (Å²) < 4.78 is 13.6. The lowest BCUT2D eigenvalue weighted by molar-refractivity contribution is 0.116. The smallest absolute Gasteiger partial charge is 0.123 e. The SMILES string of the molecule is Cl.FC1(CN2CCC3NCCC3C2)CC1. The van der Waals surface area contributed by atoms with E-state index < -0.39 is 5.67 Å². The molecule has 2 heterocycles. The topological polar surface area (TPSA) is 15.3 Å². The first-order chi connectivity index (χ1) is 6.75. The lowest BCUT2D eigenvalue weighted by Crippen LogP contribution is -2.46. The van der Waals surface area contributed by atoms with Gasteiger partial charge in [-0.25, -0.2) is 4.39 Å². The van der Waals surface area contributed by atoms with E-state index in [4.69, 9.17) is 0 Å². The summed E-state index contributed by atoms with van der Waals surface area (Å²) >= 11 is 0. The Balaban J connectivity index is 0.000000853. The molecule has 2 atom stereocenters. The fourth-order valence-electron chi connectivity index (χ4n) is 2.96. The highest BCUT2D eigenvalue weighted by molar-refractivity contribution is 5.85. The fraction of sp³-hybridized carbons (Fsp3) is 1.00. The number of alkyl halides is 1. The van der Waals surface area contributed by atoms with Crippen molar-refractivity contribution < 1.29 is 4.39 Å². The van der Waals surface area contributed by atoms with Gasteiger partial charge in [-0.1, -0.05) is 0 Å². The van der Waals surface area contributed by atoms with Crippen LogP contribution in [-0.4, -0.2) is 42.8 Å². The lowest BCUT2D eigenvalue weighted by atomic mass is 9.93. The van der Waals surface area contributed by atoms with Crippen LogP contribution in [0.15, 0.2) is 0 Å². The zero-order valence-electron chi connectivity index (χ0n) is 9.04. The Morgan fingerprint density at radius 2 is 2.13 bits per heavy atom. The van der Waals surface area contributed by atoms with Crippen LogP contribution in [0.1, 0.15) is 25.7 Å². The van der Waals surface area contributed by atoms with Gasteiger partial charge in [0.05, 0.1) is 0 Å². The molecule has 3 aliphatic rings. The Morgan fingerprint density at radius 3 is 2.87 bits per heavy atom. The number of rotatable bonds is 2. The molecule has 2 unspecified atom stereocenters. The minimum absolute atomic E-state index is 0. The summed E-state index contributed by atoms with van der Waals surface area (Å²) in [7, 11) is 0. The van der Waals surface area contributed by atoms with Crippen molar-refractivity contribution in [3.8, 4) is 0 Å². The van der Waals surface area contributed by atoms with Crippen molar-refractivity contribution in [2.45, 2.75) is 37.4 Å². The predicted molar refractivity (Wildman–Crippen MR) is 61.3 cm³/mol. The van der Waals surface area contributed by atoms with E-state index in [-0.39, 0.29) is 12.4 Å². The molecule has 0 aromatic rings. The fourth-order valence-corrected chi connectivity index (χ4v) is 2.96. The zero-order chi connectivity index (χ0) is 9.60. The van der Waals surface area contributed by atoms with E-state index in [1.807, 2.05) is 0 Å². The van der Waals surface area contributed by atoms with Gasteiger partial charge in [0, 0.05) is 19.1 Å². The Morgan fingerprint density at radius 1 is 1.33 bits per heavy atom. The Hall–Kier alpha value is 0.140. The van der Waals surface area contributed by atoms with Crippen LogP contribution in [0.3, 0.4) is 0 Å². The number of piperidine rings is 1. The molecule has 3 fully saturated rings. The second kappa shape index (κ2) is 4.19. The van der Waals surface area contributed by atoms with Crippen molar-refractivity contribution in [2.24, 2.45) is 5.92 Å². The second-order valence-corrected chi connectivity index (χ2v) is 5.28. The van der Waals surface area contributed by atoms with Crippen molar-refractivity contribution in [3.63, 3.8) is 0 Å². The maximum absolute atomic E-state index is 13.6. The maximum Gasteiger partial charge on any atom is 0.123 e. The van der Waals surface area contributed by atoms with Gasteiger partial charge in [-0.05, 0) is 44.7 Å². The van der Waals surface area contributed by atoms with Crippen molar-refractivity contribution in [2.75, 3.05) is 26.2 Å². The summed E-state index contributed by atoms with van der Waals surface area (Å²) in [6.07, 6.45) is 4.12. The number of fused-ring (bicyclic) bond motifs is 1. The number of hydrogen-bond acceptors (Lipinski definition) is 2. The normalized spacial score (nSPS) is 38.2. The van der Waals surface area contributed by atoms with Crippen molar-refractivity contribution in [1.82, 2.24) is 10.2 Å². The first-order valence-corrected chi connectivity index (χ1v) is 5.90. The lowest BCUT2D eigenvalue weighted by Gasteiger charge is -2.35. The van der Waals surface area contributed by atoms with Crippen molar-refractivity contribution >= 4 is 12.4 Å². The maximum atomic E-state index is 13.6. The molecule has 15 heavy (non-hydrogen) atoms. The molecular formula is C11H20ClFN2. The highest BCUT2D eigenvalue weighted by atomic mass is 35.5. The third-order valence-corrected chi connectivity index (χ3v) is 4.04. The van der Waals surface area contributed by atoms with Crippen LogP contribution in [-0.2, 0) is 0 Å². The first kappa shape index (κ1) is 11.6. The van der Waals surface area contributed by atoms with E-state index in [0.717, 1.165) is 37.9 Å². The minimum atomic E-state index is -0.793. The van der Waals surface area contributed by atoms with Crippen LogP contribution in [0.5, 0.6) is 0 Å². The molecule has 1 saturated carbocycles. The van der Waals surface area contributed by atoms with Gasteiger partial charge in [0.1, 0.15) is 5.67 Å². The number of nitrogens with zero attached hydrogens (tertiary/aromatic N) is 1. The second-order valence-electron chi connectivity index (χ2n) is 5.28. The number of hydrogen-bond donors (Lipinski definition) is 1. The van der Waals surface area contributed by atoms with Gasteiger partial charge in [0.2, 0.25) is 0 Å². The first-order valence-electron chi connectivity index (χ1n) is 5.90. The summed E-state index contributed by atoms with van der Waals surface area (Å²) in [5, 5.41) is 3.54. The number of nitrogens with one attached hydrogen (secondary N) is 1. The van der Waals surface area contributed by atoms with E-state index in [0.29, 0.717) is 6.54 Å². The average molecular weight is 235 g/mol. The molecule has 1 N–H and O–H groups in total. The molecule has 0 aromatic carbocycles. The number of likely N-dealkylation sites (tertiary alicyclic amines) is 1. The number of halogens is 2. The monoisotopic (exact) mass is 234 g/mol. The van der Waals surface area contributed by atoms with E-state index in [9.17, 15) is 4.39 Å². The Labute approximate surface area is 97.0 Å². The van der Waals surface area contributed by atoms with Crippen LogP contribution in [0.4, 0.5) is 4.39 Å². The van der Waals surface area contributed by atoms with E-state index in [1.54, 1.807) is 0 Å². The predicted octanol–water partition coefficient (Wildman–Crippen LogP) is 1.59. The molecule has 4 heteroatoms. The minimum Gasteiger partial charge on any atom is -0.314 e. The van der Waals surface area contributed by atoms with E-state index in [2.05, 4.69) is 10.2 Å². The van der Waals surface area contributed by atoms with Gasteiger partial charge >= 0.3 is 0 Å². The van der Waals surface area contributed by atoms with Gasteiger partial charge in [0.15, 0.2) is 0 Å². The summed E-state index contributed by atoms with van der Waals surface area (Å²) in [4.78, 5) is 2.35. The Kier molecular flexibility index (Phi) is 3.25. The van der Waals surface area contributed by atoms with Crippen molar-refractivity contribution in [3.05, 3.63) is 0 Å². The van der Waals surface area contributed by atoms with Crippen LogP contribution in [0.2, 0.25) is 0 Å². The molecule has 0 spiro atoms. The average Bonchev–Trinajstić information content (AvgIpc) is 2.73. The highest BCUT2D eigenvalue weighted by Gasteiger charge is 2.45. The molecule has 0 bridgehead atoms. The van der Waals surface area contributed by atoms with Crippen LogP contribution >= 0.6 is 12.4 Å². The summed E-state index contributed by atoms with van der Waals surface area (Å²) in [6, 6.07) is 0.737. The molecule has 2 saturated heterocycles. The molecule has 88 valence electrons. The molecule has 2 aliphatic heterocycles. The van der Waals surface area contributed by atoms with Gasteiger partial charge in [-0.3, -0.25) is 4.90 Å². The standard InChI is InChI=1S/C11H19FN2.ClH/c12-11(3-4-11)8-14-6-2-10-9(7-14)1-5-13-10;/h9-10,13H,1-8H2;1H. The van der Waals surface area contributed by atoms with E-state index >= 15 is 0 Å². The summed E-state index contributed by atoms with van der Waals surface area (Å²) in [5.74, 6) is 0.797. The third-order valence-electron chi connectivity index (χ3n) is 4.04. The van der Waals surface area contributed by atoms with Gasteiger partial charge in [-0.2, -0.15) is 0 Å². The molecule has 2 nitrogen and oxygen atoms in total.